The van der Waals surface area contributed by atoms with Crippen LogP contribution in [0.15, 0.2) is 41.3 Å². The smallest absolute Gasteiger partial charge is 0.226 e. The lowest BCUT2D eigenvalue weighted by Crippen LogP contribution is -2.47. The zero-order valence-electron chi connectivity index (χ0n) is 16.5. The van der Waals surface area contributed by atoms with Crippen molar-refractivity contribution in [1.82, 2.24) is 15.2 Å². The normalized spacial score (nSPS) is 33.6. The highest BCUT2D eigenvalue weighted by molar-refractivity contribution is 5.79. The Morgan fingerprint density at radius 3 is 3.00 bits per heavy atom. The summed E-state index contributed by atoms with van der Waals surface area (Å²) in [4.78, 5) is 19.5. The number of carbonyl (C=O) groups excluding carboxylic acids is 1. The van der Waals surface area contributed by atoms with E-state index < -0.39 is 6.10 Å². The van der Waals surface area contributed by atoms with Crippen LogP contribution in [0.2, 0.25) is 0 Å². The second-order valence-electron chi connectivity index (χ2n) is 8.66. The molecule has 7 heteroatoms. The van der Waals surface area contributed by atoms with Crippen molar-refractivity contribution < 1.29 is 19.1 Å². The van der Waals surface area contributed by atoms with E-state index in [1.807, 2.05) is 31.5 Å². The SMILES string of the molecule is Cc1cncc(CN2C[C@H]3[C@H](O)[C@@H]4CC(C(=O)NCc5ccco5)[C@@H](O4)[C@H]3C2)c1. The fraction of sp³-hybridized carbons (Fsp3) is 0.545. The summed E-state index contributed by atoms with van der Waals surface area (Å²) in [5, 5.41) is 13.8. The summed E-state index contributed by atoms with van der Waals surface area (Å²) in [7, 11) is 0. The van der Waals surface area contributed by atoms with Crippen LogP contribution in [0.5, 0.6) is 0 Å². The maximum atomic E-state index is 12.9. The lowest BCUT2D eigenvalue weighted by atomic mass is 9.83. The molecule has 0 aromatic carbocycles. The van der Waals surface area contributed by atoms with Crippen LogP contribution in [0.1, 0.15) is 23.3 Å². The zero-order valence-corrected chi connectivity index (χ0v) is 16.5. The van der Waals surface area contributed by atoms with Crippen molar-refractivity contribution in [3.8, 4) is 0 Å². The van der Waals surface area contributed by atoms with Gasteiger partial charge >= 0.3 is 0 Å². The van der Waals surface area contributed by atoms with Crippen LogP contribution in [-0.4, -0.2) is 52.3 Å². The summed E-state index contributed by atoms with van der Waals surface area (Å²) in [6.07, 6.45) is 5.05. The van der Waals surface area contributed by atoms with Gasteiger partial charge in [-0.05, 0) is 36.6 Å². The molecule has 0 radical (unpaired) electrons. The number of likely N-dealkylation sites (tertiary alicyclic amines) is 1. The Bertz CT molecular complexity index is 871. The number of amides is 1. The Hall–Kier alpha value is -2.22. The summed E-state index contributed by atoms with van der Waals surface area (Å²) in [6, 6.07) is 5.81. The number of nitrogens with one attached hydrogen (secondary N) is 1. The Balaban J connectivity index is 1.26. The van der Waals surface area contributed by atoms with Gasteiger partial charge < -0.3 is 19.6 Å². The fourth-order valence-electron chi connectivity index (χ4n) is 5.35. The molecule has 2 aromatic rings. The van der Waals surface area contributed by atoms with E-state index in [1.165, 1.54) is 5.56 Å². The Labute approximate surface area is 170 Å². The van der Waals surface area contributed by atoms with Crippen molar-refractivity contribution >= 4 is 5.91 Å². The Morgan fingerprint density at radius 1 is 1.34 bits per heavy atom. The maximum absolute atomic E-state index is 12.9. The van der Waals surface area contributed by atoms with Crippen LogP contribution in [-0.2, 0) is 22.6 Å². The van der Waals surface area contributed by atoms with E-state index in [1.54, 1.807) is 6.26 Å². The van der Waals surface area contributed by atoms with E-state index in [0.29, 0.717) is 13.0 Å². The van der Waals surface area contributed by atoms with Crippen LogP contribution >= 0.6 is 0 Å². The van der Waals surface area contributed by atoms with Crippen LogP contribution in [0.3, 0.4) is 0 Å². The predicted molar refractivity (Wildman–Crippen MR) is 105 cm³/mol. The second kappa shape index (κ2) is 7.55. The molecular weight excluding hydrogens is 370 g/mol. The van der Waals surface area contributed by atoms with Gasteiger partial charge in [0.05, 0.1) is 37.0 Å². The molecule has 6 atom stereocenters. The van der Waals surface area contributed by atoms with Gasteiger partial charge in [-0.2, -0.15) is 0 Å². The minimum absolute atomic E-state index is 0.0110. The third-order valence-corrected chi connectivity index (χ3v) is 6.64. The van der Waals surface area contributed by atoms with E-state index in [2.05, 4.69) is 21.3 Å². The molecule has 3 fully saturated rings. The molecule has 7 nitrogen and oxygen atoms in total. The molecule has 1 amide bonds. The molecule has 3 aliphatic rings. The molecule has 29 heavy (non-hydrogen) atoms. The second-order valence-corrected chi connectivity index (χ2v) is 8.66. The summed E-state index contributed by atoms with van der Waals surface area (Å²) in [5.74, 6) is 0.820. The molecule has 2 bridgehead atoms. The summed E-state index contributed by atoms with van der Waals surface area (Å²) < 4.78 is 11.4. The van der Waals surface area contributed by atoms with Crippen LogP contribution in [0.25, 0.3) is 0 Å². The molecule has 0 spiro atoms. The molecule has 5 heterocycles. The number of aliphatic hydroxyl groups excluding tert-OH is 1. The van der Waals surface area contributed by atoms with Crippen molar-refractivity contribution in [2.75, 3.05) is 13.1 Å². The topological polar surface area (TPSA) is 87.8 Å². The van der Waals surface area contributed by atoms with E-state index in [9.17, 15) is 9.90 Å². The van der Waals surface area contributed by atoms with Gasteiger partial charge in [-0.15, -0.1) is 0 Å². The zero-order chi connectivity index (χ0) is 20.0. The molecule has 3 saturated heterocycles. The predicted octanol–water partition coefficient (Wildman–Crippen LogP) is 1.50. The van der Waals surface area contributed by atoms with Crippen molar-refractivity contribution in [3.05, 3.63) is 53.7 Å². The largest absolute Gasteiger partial charge is 0.467 e. The number of pyridine rings is 1. The highest BCUT2D eigenvalue weighted by Crippen LogP contribution is 2.47. The van der Waals surface area contributed by atoms with Crippen molar-refractivity contribution in [2.24, 2.45) is 17.8 Å². The highest BCUT2D eigenvalue weighted by atomic mass is 16.5. The molecular formula is C22H27N3O4. The number of furan rings is 1. The number of nitrogens with zero attached hydrogens (tertiary/aromatic N) is 2. The first kappa shape index (κ1) is 18.8. The number of rotatable bonds is 5. The summed E-state index contributed by atoms with van der Waals surface area (Å²) in [5.41, 5.74) is 2.33. The van der Waals surface area contributed by atoms with E-state index in [4.69, 9.17) is 9.15 Å². The minimum atomic E-state index is -0.514. The number of hydrogen-bond donors (Lipinski definition) is 2. The molecule has 2 N–H and O–H groups in total. The fourth-order valence-corrected chi connectivity index (χ4v) is 5.35. The molecule has 2 aromatic heterocycles. The Morgan fingerprint density at radius 2 is 2.21 bits per heavy atom. The third-order valence-electron chi connectivity index (χ3n) is 6.64. The summed E-state index contributed by atoms with van der Waals surface area (Å²) >= 11 is 0. The van der Waals surface area contributed by atoms with Gasteiger partial charge in [-0.25, -0.2) is 0 Å². The van der Waals surface area contributed by atoms with Gasteiger partial charge in [-0.3, -0.25) is 14.7 Å². The van der Waals surface area contributed by atoms with Crippen molar-refractivity contribution in [3.63, 3.8) is 0 Å². The number of fused-ring (bicyclic) bond motifs is 4. The monoisotopic (exact) mass is 397 g/mol. The molecule has 5 rings (SSSR count). The van der Waals surface area contributed by atoms with Gasteiger partial charge in [0, 0.05) is 43.9 Å². The van der Waals surface area contributed by atoms with E-state index >= 15 is 0 Å². The van der Waals surface area contributed by atoms with Crippen molar-refractivity contribution in [2.45, 2.75) is 44.7 Å². The average molecular weight is 397 g/mol. The van der Waals surface area contributed by atoms with Crippen molar-refractivity contribution in [1.29, 1.82) is 0 Å². The van der Waals surface area contributed by atoms with Crippen LogP contribution in [0.4, 0.5) is 0 Å². The van der Waals surface area contributed by atoms with Crippen LogP contribution in [0, 0.1) is 24.7 Å². The first-order valence-electron chi connectivity index (χ1n) is 10.3. The van der Waals surface area contributed by atoms with Gasteiger partial charge in [0.1, 0.15) is 5.76 Å². The molecule has 154 valence electrons. The number of hydrogen-bond acceptors (Lipinski definition) is 6. The number of aromatic nitrogens is 1. The van der Waals surface area contributed by atoms with E-state index in [0.717, 1.165) is 31.0 Å². The quantitative estimate of drug-likeness (QED) is 0.795. The number of aliphatic hydroxyl groups is 1. The maximum Gasteiger partial charge on any atom is 0.226 e. The minimum Gasteiger partial charge on any atom is -0.467 e. The molecule has 0 aliphatic carbocycles. The van der Waals surface area contributed by atoms with Gasteiger partial charge in [0.15, 0.2) is 0 Å². The molecule has 0 saturated carbocycles. The first-order chi connectivity index (χ1) is 14.1. The van der Waals surface area contributed by atoms with Crippen LogP contribution < -0.4 is 5.32 Å². The van der Waals surface area contributed by atoms with Gasteiger partial charge in [-0.1, -0.05) is 6.07 Å². The standard InChI is InChI=1S/C22H27N3O4/c1-13-5-14(8-23-7-13)10-25-11-17-18(12-25)21-16(6-19(29-21)20(17)26)22(27)24-9-15-3-2-4-28-15/h2-5,7-8,16-21,26H,6,9-12H2,1H3,(H,24,27)/t16?,17-,18+,19+,20+,21-/m1/s1. The van der Waals surface area contributed by atoms with Gasteiger partial charge in [0.25, 0.3) is 0 Å². The number of ether oxygens (including phenoxy) is 1. The lowest BCUT2D eigenvalue weighted by molar-refractivity contribution is -0.140. The average Bonchev–Trinajstić information content (AvgIpc) is 3.43. The number of carbonyl (C=O) groups is 1. The number of aryl methyl sites for hydroxylation is 1. The Kier molecular flexibility index (Phi) is 4.89. The molecule has 3 aliphatic heterocycles. The third kappa shape index (κ3) is 3.58. The van der Waals surface area contributed by atoms with E-state index in [-0.39, 0.29) is 35.9 Å². The lowest BCUT2D eigenvalue weighted by Gasteiger charge is -2.36. The highest BCUT2D eigenvalue weighted by Gasteiger charge is 2.57. The van der Waals surface area contributed by atoms with Gasteiger partial charge in [0.2, 0.25) is 5.91 Å². The first-order valence-corrected chi connectivity index (χ1v) is 10.3. The summed E-state index contributed by atoms with van der Waals surface area (Å²) in [6.45, 7) is 4.89. The molecule has 1 unspecified atom stereocenters.